The van der Waals surface area contributed by atoms with E-state index in [0.29, 0.717) is 6.54 Å². The molecule has 0 aromatic rings. The van der Waals surface area contributed by atoms with Gasteiger partial charge in [-0.2, -0.15) is 0 Å². The van der Waals surface area contributed by atoms with Crippen LogP contribution in [0.5, 0.6) is 0 Å². The van der Waals surface area contributed by atoms with Gasteiger partial charge in [-0.25, -0.2) is 0 Å². The summed E-state index contributed by atoms with van der Waals surface area (Å²) in [6.07, 6.45) is 0.749. The maximum Gasteiger partial charge on any atom is 0.0458 e. The predicted octanol–water partition coefficient (Wildman–Crippen LogP) is -0.890. The van der Waals surface area contributed by atoms with Crippen LogP contribution in [0.4, 0.5) is 0 Å². The second-order valence-corrected chi connectivity index (χ2v) is 2.57. The van der Waals surface area contributed by atoms with Crippen LogP contribution >= 0.6 is 12.4 Å². The predicted molar refractivity (Wildman–Crippen MR) is 37.9 cm³/mol. The zero-order valence-corrected chi connectivity index (χ0v) is 6.69. The SMILES string of the molecule is CN1CCC(C(=O)[O-])C1.Cl. The first kappa shape index (κ1) is 9.72. The smallest absolute Gasteiger partial charge is 0.0458 e. The molecule has 1 atom stereocenters. The normalized spacial score (nSPS) is 25.9. The molecule has 0 aromatic carbocycles. The molecule has 0 N–H and O–H groups in total. The highest BCUT2D eigenvalue weighted by Gasteiger charge is 2.19. The topological polar surface area (TPSA) is 43.4 Å². The van der Waals surface area contributed by atoms with Crippen LogP contribution in [0.3, 0.4) is 0 Å². The number of hydrogen-bond donors (Lipinski definition) is 0. The van der Waals surface area contributed by atoms with Gasteiger partial charge in [0.25, 0.3) is 0 Å². The molecule has 1 aliphatic rings. The third kappa shape index (κ3) is 2.15. The molecule has 1 rings (SSSR count). The number of likely N-dealkylation sites (tertiary alicyclic amines) is 1. The van der Waals surface area contributed by atoms with Crippen molar-refractivity contribution < 1.29 is 9.90 Å². The Hall–Kier alpha value is -0.280. The number of carboxylic acids is 1. The summed E-state index contributed by atoms with van der Waals surface area (Å²) < 4.78 is 0. The Kier molecular flexibility index (Phi) is 3.68. The summed E-state index contributed by atoms with van der Waals surface area (Å²) >= 11 is 0. The van der Waals surface area contributed by atoms with E-state index in [4.69, 9.17) is 0 Å². The lowest BCUT2D eigenvalue weighted by Gasteiger charge is -2.09. The number of nitrogens with zero attached hydrogens (tertiary/aromatic N) is 1. The second-order valence-electron chi connectivity index (χ2n) is 2.57. The van der Waals surface area contributed by atoms with Crippen molar-refractivity contribution >= 4 is 18.4 Å². The van der Waals surface area contributed by atoms with E-state index in [2.05, 4.69) is 0 Å². The van der Waals surface area contributed by atoms with E-state index in [0.717, 1.165) is 13.0 Å². The van der Waals surface area contributed by atoms with E-state index >= 15 is 0 Å². The third-order valence-electron chi connectivity index (χ3n) is 1.72. The molecule has 1 heterocycles. The molecule has 0 aliphatic carbocycles. The molecule has 0 bridgehead atoms. The molecule has 1 aliphatic heterocycles. The highest BCUT2D eigenvalue weighted by atomic mass is 35.5. The maximum atomic E-state index is 10.2. The minimum Gasteiger partial charge on any atom is -0.550 e. The van der Waals surface area contributed by atoms with E-state index in [9.17, 15) is 9.90 Å². The highest BCUT2D eigenvalue weighted by molar-refractivity contribution is 5.85. The average molecular weight is 165 g/mol. The van der Waals surface area contributed by atoms with E-state index in [1.165, 1.54) is 0 Å². The van der Waals surface area contributed by atoms with Gasteiger partial charge in [-0.05, 0) is 20.0 Å². The minimum atomic E-state index is -0.903. The Morgan fingerprint density at radius 3 is 2.50 bits per heavy atom. The molecule has 0 radical (unpaired) electrons. The van der Waals surface area contributed by atoms with Gasteiger partial charge in [-0.3, -0.25) is 0 Å². The quantitative estimate of drug-likeness (QED) is 0.505. The summed E-state index contributed by atoms with van der Waals surface area (Å²) in [5.74, 6) is -1.13. The van der Waals surface area contributed by atoms with Gasteiger partial charge in [0.15, 0.2) is 0 Å². The summed E-state index contributed by atoms with van der Waals surface area (Å²) in [6.45, 7) is 1.54. The molecule has 3 nitrogen and oxygen atoms in total. The first-order valence-electron chi connectivity index (χ1n) is 3.09. The number of aliphatic carboxylic acids is 1. The van der Waals surface area contributed by atoms with Crippen molar-refractivity contribution in [3.05, 3.63) is 0 Å². The fraction of sp³-hybridized carbons (Fsp3) is 0.833. The lowest BCUT2D eigenvalue weighted by molar-refractivity contribution is -0.311. The van der Waals surface area contributed by atoms with Gasteiger partial charge in [0.05, 0.1) is 0 Å². The van der Waals surface area contributed by atoms with Gasteiger partial charge in [-0.1, -0.05) is 0 Å². The molecule has 0 amide bonds. The number of rotatable bonds is 1. The number of carbonyl (C=O) groups is 1. The Balaban J connectivity index is 0.000000810. The summed E-state index contributed by atoms with van der Waals surface area (Å²) in [6, 6.07) is 0. The van der Waals surface area contributed by atoms with Gasteiger partial charge in [-0.15, -0.1) is 12.4 Å². The molecular formula is C6H11ClNO2-. The monoisotopic (exact) mass is 164 g/mol. The molecule has 4 heteroatoms. The van der Waals surface area contributed by atoms with Crippen molar-refractivity contribution in [3.8, 4) is 0 Å². The lowest BCUT2D eigenvalue weighted by atomic mass is 10.1. The summed E-state index contributed by atoms with van der Waals surface area (Å²) in [4.78, 5) is 12.2. The van der Waals surface area contributed by atoms with E-state index in [-0.39, 0.29) is 18.3 Å². The molecule has 60 valence electrons. The van der Waals surface area contributed by atoms with E-state index in [1.54, 1.807) is 0 Å². The van der Waals surface area contributed by atoms with Crippen LogP contribution in [0.25, 0.3) is 0 Å². The molecular weight excluding hydrogens is 154 g/mol. The van der Waals surface area contributed by atoms with E-state index < -0.39 is 5.97 Å². The fourth-order valence-corrected chi connectivity index (χ4v) is 1.13. The van der Waals surface area contributed by atoms with Gasteiger partial charge in [0.1, 0.15) is 0 Å². The summed E-state index contributed by atoms with van der Waals surface area (Å²) in [5.41, 5.74) is 0. The van der Waals surface area contributed by atoms with Crippen LogP contribution in [0.1, 0.15) is 6.42 Å². The standard InChI is InChI=1S/C6H11NO2.ClH/c1-7-3-2-5(4-7)6(8)9;/h5H,2-4H2,1H3,(H,8,9);1H/p-1. The van der Waals surface area contributed by atoms with Crippen LogP contribution in [0.2, 0.25) is 0 Å². The molecule has 1 saturated heterocycles. The Bertz CT molecular complexity index is 129. The van der Waals surface area contributed by atoms with Crippen LogP contribution in [-0.4, -0.2) is 31.0 Å². The van der Waals surface area contributed by atoms with Crippen molar-refractivity contribution in [1.29, 1.82) is 0 Å². The average Bonchev–Trinajstić information content (AvgIpc) is 2.14. The first-order chi connectivity index (χ1) is 4.20. The molecule has 0 saturated carbocycles. The van der Waals surface area contributed by atoms with Crippen molar-refractivity contribution in [2.45, 2.75) is 6.42 Å². The minimum absolute atomic E-state index is 0. The van der Waals surface area contributed by atoms with Crippen LogP contribution < -0.4 is 5.11 Å². The third-order valence-corrected chi connectivity index (χ3v) is 1.72. The Labute approximate surface area is 66.4 Å². The van der Waals surface area contributed by atoms with Gasteiger partial charge in [0, 0.05) is 18.4 Å². The Morgan fingerprint density at radius 1 is 1.70 bits per heavy atom. The molecule has 1 fully saturated rings. The van der Waals surface area contributed by atoms with Gasteiger partial charge in [0.2, 0.25) is 0 Å². The van der Waals surface area contributed by atoms with E-state index in [1.807, 2.05) is 11.9 Å². The Morgan fingerprint density at radius 2 is 2.30 bits per heavy atom. The highest BCUT2D eigenvalue weighted by Crippen LogP contribution is 2.12. The lowest BCUT2D eigenvalue weighted by Crippen LogP contribution is -2.32. The number of hydrogen-bond acceptors (Lipinski definition) is 3. The summed E-state index contributed by atoms with van der Waals surface area (Å²) in [5, 5.41) is 10.2. The largest absolute Gasteiger partial charge is 0.550 e. The molecule has 1 unspecified atom stereocenters. The number of carboxylic acid groups (broad SMARTS) is 1. The maximum absolute atomic E-state index is 10.2. The zero-order chi connectivity index (χ0) is 6.85. The van der Waals surface area contributed by atoms with Gasteiger partial charge >= 0.3 is 0 Å². The van der Waals surface area contributed by atoms with Crippen molar-refractivity contribution in [2.24, 2.45) is 5.92 Å². The molecule has 0 aromatic heterocycles. The van der Waals surface area contributed by atoms with Crippen molar-refractivity contribution in [2.75, 3.05) is 20.1 Å². The van der Waals surface area contributed by atoms with Crippen LogP contribution in [-0.2, 0) is 4.79 Å². The fourth-order valence-electron chi connectivity index (χ4n) is 1.13. The molecule has 10 heavy (non-hydrogen) atoms. The first-order valence-corrected chi connectivity index (χ1v) is 3.09. The summed E-state index contributed by atoms with van der Waals surface area (Å²) in [7, 11) is 1.92. The number of carbonyl (C=O) groups excluding carboxylic acids is 1. The zero-order valence-electron chi connectivity index (χ0n) is 5.87. The van der Waals surface area contributed by atoms with Crippen molar-refractivity contribution in [1.82, 2.24) is 4.90 Å². The molecule has 0 spiro atoms. The van der Waals surface area contributed by atoms with Crippen LogP contribution in [0.15, 0.2) is 0 Å². The van der Waals surface area contributed by atoms with Crippen LogP contribution in [0, 0.1) is 5.92 Å². The van der Waals surface area contributed by atoms with Gasteiger partial charge < -0.3 is 14.8 Å². The second kappa shape index (κ2) is 3.78. The number of halogens is 1. The van der Waals surface area contributed by atoms with Crippen molar-refractivity contribution in [3.63, 3.8) is 0 Å².